The van der Waals surface area contributed by atoms with Crippen molar-refractivity contribution in [2.24, 2.45) is 0 Å². The van der Waals surface area contributed by atoms with Gasteiger partial charge in [-0.2, -0.15) is 0 Å². The molecule has 0 fully saturated rings. The molecule has 0 radical (unpaired) electrons. The van der Waals surface area contributed by atoms with Gasteiger partial charge in [-0.1, -0.05) is 30.3 Å². The number of hydrogen-bond acceptors (Lipinski definition) is 3. The first-order valence-electron chi connectivity index (χ1n) is 7.90. The van der Waals surface area contributed by atoms with E-state index in [1.165, 1.54) is 0 Å². The van der Waals surface area contributed by atoms with E-state index in [4.69, 9.17) is 0 Å². The highest BCUT2D eigenvalue weighted by Gasteiger charge is 2.23. The first kappa shape index (κ1) is 15.9. The van der Waals surface area contributed by atoms with Gasteiger partial charge in [-0.05, 0) is 42.3 Å². The van der Waals surface area contributed by atoms with Crippen LogP contribution in [0.2, 0.25) is 0 Å². The van der Waals surface area contributed by atoms with Crippen LogP contribution >= 0.6 is 0 Å². The Morgan fingerprint density at radius 3 is 2.12 bits per heavy atom. The second-order valence-electron chi connectivity index (χ2n) is 5.61. The third kappa shape index (κ3) is 3.66. The van der Waals surface area contributed by atoms with Crippen LogP contribution in [0.15, 0.2) is 79.4 Å². The molecule has 3 rings (SSSR count). The van der Waals surface area contributed by atoms with E-state index in [0.29, 0.717) is 12.1 Å². The lowest BCUT2D eigenvalue weighted by Gasteiger charge is -2.30. The van der Waals surface area contributed by atoms with Crippen molar-refractivity contribution in [2.75, 3.05) is 0 Å². The summed E-state index contributed by atoms with van der Waals surface area (Å²) in [5.74, 6) is -0.00874. The van der Waals surface area contributed by atoms with Crippen LogP contribution < -0.4 is 0 Å². The van der Waals surface area contributed by atoms with Crippen LogP contribution in [0.3, 0.4) is 0 Å². The van der Waals surface area contributed by atoms with Crippen molar-refractivity contribution in [1.82, 2.24) is 14.9 Å². The topological polar surface area (TPSA) is 46.1 Å². The zero-order valence-corrected chi connectivity index (χ0v) is 13.5. The molecule has 0 saturated heterocycles. The molecular formula is C20H19N3O. The Kier molecular flexibility index (Phi) is 4.96. The molecule has 0 spiro atoms. The summed E-state index contributed by atoms with van der Waals surface area (Å²) in [5, 5.41) is 0. The number of pyridine rings is 2. The molecule has 2 heterocycles. The molecule has 0 N–H and O–H groups in total. The van der Waals surface area contributed by atoms with Gasteiger partial charge in [0, 0.05) is 36.9 Å². The second-order valence-corrected chi connectivity index (χ2v) is 5.61. The molecule has 2 aromatic heterocycles. The maximum Gasteiger partial charge on any atom is 0.254 e. The minimum absolute atomic E-state index is 0.00874. The van der Waals surface area contributed by atoms with E-state index in [9.17, 15) is 4.79 Å². The molecule has 4 heteroatoms. The maximum absolute atomic E-state index is 13.0. The van der Waals surface area contributed by atoms with Crippen LogP contribution in [0.4, 0.5) is 0 Å². The molecule has 0 bridgehead atoms. The number of hydrogen-bond donors (Lipinski definition) is 0. The van der Waals surface area contributed by atoms with Gasteiger partial charge in [-0.25, -0.2) is 0 Å². The number of carbonyl (C=O) groups is 1. The molecule has 1 aromatic carbocycles. The van der Waals surface area contributed by atoms with E-state index in [2.05, 4.69) is 16.9 Å². The first-order chi connectivity index (χ1) is 11.8. The van der Waals surface area contributed by atoms with Crippen molar-refractivity contribution in [3.8, 4) is 0 Å². The zero-order valence-electron chi connectivity index (χ0n) is 13.5. The largest absolute Gasteiger partial charge is 0.328 e. The summed E-state index contributed by atoms with van der Waals surface area (Å²) >= 11 is 0. The summed E-state index contributed by atoms with van der Waals surface area (Å²) in [6, 6.07) is 17.4. The van der Waals surface area contributed by atoms with Crippen molar-refractivity contribution >= 4 is 5.91 Å². The summed E-state index contributed by atoms with van der Waals surface area (Å²) in [5.41, 5.74) is 2.80. The van der Waals surface area contributed by atoms with E-state index >= 15 is 0 Å². The van der Waals surface area contributed by atoms with E-state index in [0.717, 1.165) is 11.1 Å². The average Bonchev–Trinajstić information content (AvgIpc) is 2.67. The number of benzene rings is 1. The molecule has 3 aromatic rings. The average molecular weight is 317 g/mol. The zero-order chi connectivity index (χ0) is 16.8. The number of aromatic nitrogens is 2. The molecule has 120 valence electrons. The second kappa shape index (κ2) is 7.51. The van der Waals surface area contributed by atoms with Gasteiger partial charge in [0.25, 0.3) is 5.91 Å². The SMILES string of the molecule is C[C@H](c1ccccc1)N(Cc1ccncc1)C(=O)c1ccncc1. The quantitative estimate of drug-likeness (QED) is 0.717. The Morgan fingerprint density at radius 1 is 0.917 bits per heavy atom. The summed E-state index contributed by atoms with van der Waals surface area (Å²) in [6.07, 6.45) is 6.78. The Morgan fingerprint density at radius 2 is 1.50 bits per heavy atom. The Labute approximate surface area is 141 Å². The monoisotopic (exact) mass is 317 g/mol. The van der Waals surface area contributed by atoms with Gasteiger partial charge < -0.3 is 4.90 Å². The molecule has 0 saturated carbocycles. The number of rotatable bonds is 5. The van der Waals surface area contributed by atoms with E-state index in [-0.39, 0.29) is 11.9 Å². The van der Waals surface area contributed by atoms with Gasteiger partial charge in [0.15, 0.2) is 0 Å². The number of amides is 1. The van der Waals surface area contributed by atoms with Crippen LogP contribution in [0.25, 0.3) is 0 Å². The number of carbonyl (C=O) groups excluding carboxylic acids is 1. The highest BCUT2D eigenvalue weighted by molar-refractivity contribution is 5.94. The molecule has 1 atom stereocenters. The fourth-order valence-corrected chi connectivity index (χ4v) is 2.64. The molecule has 0 aliphatic rings. The lowest BCUT2D eigenvalue weighted by atomic mass is 10.0. The summed E-state index contributed by atoms with van der Waals surface area (Å²) < 4.78 is 0. The predicted octanol–water partition coefficient (Wildman–Crippen LogP) is 3.88. The minimum Gasteiger partial charge on any atom is -0.328 e. The van der Waals surface area contributed by atoms with E-state index in [1.807, 2.05) is 47.4 Å². The summed E-state index contributed by atoms with van der Waals surface area (Å²) in [6.45, 7) is 2.58. The van der Waals surface area contributed by atoms with Gasteiger partial charge in [0.05, 0.1) is 6.04 Å². The van der Waals surface area contributed by atoms with E-state index < -0.39 is 0 Å². The lowest BCUT2D eigenvalue weighted by molar-refractivity contribution is 0.0674. The molecule has 4 nitrogen and oxygen atoms in total. The van der Waals surface area contributed by atoms with Gasteiger partial charge in [-0.3, -0.25) is 14.8 Å². The first-order valence-corrected chi connectivity index (χ1v) is 7.90. The third-order valence-electron chi connectivity index (χ3n) is 4.04. The van der Waals surface area contributed by atoms with Crippen molar-refractivity contribution in [1.29, 1.82) is 0 Å². The van der Waals surface area contributed by atoms with Crippen LogP contribution in [-0.4, -0.2) is 20.8 Å². The fourth-order valence-electron chi connectivity index (χ4n) is 2.64. The van der Waals surface area contributed by atoms with Crippen LogP contribution in [0.1, 0.15) is 34.5 Å². The Bertz CT molecular complexity index is 776. The van der Waals surface area contributed by atoms with Crippen molar-refractivity contribution < 1.29 is 4.79 Å². The normalized spacial score (nSPS) is 11.7. The highest BCUT2D eigenvalue weighted by Crippen LogP contribution is 2.24. The van der Waals surface area contributed by atoms with E-state index in [1.54, 1.807) is 36.9 Å². The molecule has 0 unspecified atom stereocenters. The smallest absolute Gasteiger partial charge is 0.254 e. The van der Waals surface area contributed by atoms with Gasteiger partial charge in [0.2, 0.25) is 0 Å². The van der Waals surface area contributed by atoms with Crippen LogP contribution in [0.5, 0.6) is 0 Å². The van der Waals surface area contributed by atoms with Gasteiger partial charge >= 0.3 is 0 Å². The summed E-state index contributed by atoms with van der Waals surface area (Å²) in [4.78, 5) is 23.0. The van der Waals surface area contributed by atoms with Gasteiger partial charge in [-0.15, -0.1) is 0 Å². The molecule has 1 amide bonds. The predicted molar refractivity (Wildman–Crippen MR) is 93.2 cm³/mol. The van der Waals surface area contributed by atoms with Crippen LogP contribution in [0, 0.1) is 0 Å². The van der Waals surface area contributed by atoms with Crippen molar-refractivity contribution in [2.45, 2.75) is 19.5 Å². The van der Waals surface area contributed by atoms with Crippen LogP contribution in [-0.2, 0) is 6.54 Å². The highest BCUT2D eigenvalue weighted by atomic mass is 16.2. The minimum atomic E-state index is -0.0416. The van der Waals surface area contributed by atoms with Crippen molar-refractivity contribution in [3.63, 3.8) is 0 Å². The molecular weight excluding hydrogens is 298 g/mol. The fraction of sp³-hybridized carbons (Fsp3) is 0.150. The maximum atomic E-state index is 13.0. The number of nitrogens with zero attached hydrogens (tertiary/aromatic N) is 3. The molecule has 24 heavy (non-hydrogen) atoms. The molecule has 0 aliphatic carbocycles. The van der Waals surface area contributed by atoms with Gasteiger partial charge in [0.1, 0.15) is 0 Å². The Balaban J connectivity index is 1.93. The standard InChI is InChI=1S/C20H19N3O/c1-16(18-5-3-2-4-6-18)23(15-17-7-11-21-12-8-17)20(24)19-9-13-22-14-10-19/h2-14,16H,15H2,1H3/t16-/m1/s1. The molecule has 0 aliphatic heterocycles. The lowest BCUT2D eigenvalue weighted by Crippen LogP contribution is -2.33. The Hall–Kier alpha value is -3.01. The third-order valence-corrected chi connectivity index (χ3v) is 4.04. The summed E-state index contributed by atoms with van der Waals surface area (Å²) in [7, 11) is 0. The van der Waals surface area contributed by atoms with Crippen molar-refractivity contribution in [3.05, 3.63) is 96.1 Å².